The lowest BCUT2D eigenvalue weighted by molar-refractivity contribution is -0.151. The number of piperazine rings is 1. The number of hydrogen-bond acceptors (Lipinski definition) is 3. The molecule has 0 bridgehead atoms. The number of rotatable bonds is 4. The molecule has 1 aromatic rings. The van der Waals surface area contributed by atoms with E-state index >= 15 is 0 Å². The predicted molar refractivity (Wildman–Crippen MR) is 79.4 cm³/mol. The average Bonchev–Trinajstić information content (AvgIpc) is 2.76. The monoisotopic (exact) mass is 292 g/mol. The molecule has 1 saturated heterocycles. The van der Waals surface area contributed by atoms with E-state index in [0.29, 0.717) is 6.54 Å². The van der Waals surface area contributed by atoms with Crippen molar-refractivity contribution in [3.05, 3.63) is 17.5 Å². The van der Waals surface area contributed by atoms with Gasteiger partial charge in [0, 0.05) is 7.05 Å². The summed E-state index contributed by atoms with van der Waals surface area (Å²) in [5.74, 6) is -0.0390. The summed E-state index contributed by atoms with van der Waals surface area (Å²) in [5, 5.41) is 7.16. The van der Waals surface area contributed by atoms with Gasteiger partial charge in [0.2, 0.25) is 11.8 Å². The van der Waals surface area contributed by atoms with E-state index in [2.05, 4.69) is 10.4 Å². The number of carbonyl (C=O) groups excluding carboxylic acids is 2. The topological polar surface area (TPSA) is 67.2 Å². The SMILES string of the molecule is CCc1cc(CN2C(=O)C(C)NC(=O)C2C(C)C)n(C)n1. The highest BCUT2D eigenvalue weighted by Crippen LogP contribution is 2.20. The van der Waals surface area contributed by atoms with Crippen LogP contribution in [0.3, 0.4) is 0 Å². The van der Waals surface area contributed by atoms with E-state index in [1.54, 1.807) is 16.5 Å². The van der Waals surface area contributed by atoms with Crippen molar-refractivity contribution in [2.24, 2.45) is 13.0 Å². The summed E-state index contributed by atoms with van der Waals surface area (Å²) in [7, 11) is 1.87. The van der Waals surface area contributed by atoms with Gasteiger partial charge in [0.15, 0.2) is 0 Å². The molecule has 0 radical (unpaired) electrons. The maximum absolute atomic E-state index is 12.5. The third-order valence-corrected chi connectivity index (χ3v) is 3.97. The van der Waals surface area contributed by atoms with Crippen molar-refractivity contribution >= 4 is 11.8 Å². The van der Waals surface area contributed by atoms with Crippen LogP contribution in [0.2, 0.25) is 0 Å². The highest BCUT2D eigenvalue weighted by molar-refractivity contribution is 5.96. The van der Waals surface area contributed by atoms with Crippen LogP contribution in [-0.4, -0.2) is 38.6 Å². The lowest BCUT2D eigenvalue weighted by Crippen LogP contribution is -2.63. The molecule has 1 aromatic heterocycles. The van der Waals surface area contributed by atoms with Gasteiger partial charge < -0.3 is 10.2 Å². The van der Waals surface area contributed by atoms with Gasteiger partial charge >= 0.3 is 0 Å². The molecule has 6 heteroatoms. The van der Waals surface area contributed by atoms with Gasteiger partial charge in [0.05, 0.1) is 17.9 Å². The molecule has 116 valence electrons. The third kappa shape index (κ3) is 2.94. The van der Waals surface area contributed by atoms with E-state index in [1.807, 2.05) is 33.9 Å². The molecule has 0 aromatic carbocycles. The van der Waals surface area contributed by atoms with Crippen molar-refractivity contribution in [1.82, 2.24) is 20.0 Å². The summed E-state index contributed by atoms with van der Waals surface area (Å²) in [6.07, 6.45) is 0.853. The maximum Gasteiger partial charge on any atom is 0.245 e. The Morgan fingerprint density at radius 1 is 1.38 bits per heavy atom. The van der Waals surface area contributed by atoms with Crippen LogP contribution in [0.1, 0.15) is 39.1 Å². The van der Waals surface area contributed by atoms with Crippen LogP contribution in [-0.2, 0) is 29.6 Å². The number of nitrogens with one attached hydrogen (secondary N) is 1. The second kappa shape index (κ2) is 5.87. The van der Waals surface area contributed by atoms with Crippen molar-refractivity contribution in [3.8, 4) is 0 Å². The highest BCUT2D eigenvalue weighted by Gasteiger charge is 2.40. The first-order chi connectivity index (χ1) is 9.85. The van der Waals surface area contributed by atoms with E-state index in [4.69, 9.17) is 0 Å². The minimum atomic E-state index is -0.466. The average molecular weight is 292 g/mol. The van der Waals surface area contributed by atoms with E-state index in [-0.39, 0.29) is 17.7 Å². The summed E-state index contributed by atoms with van der Waals surface area (Å²) < 4.78 is 1.79. The fourth-order valence-electron chi connectivity index (χ4n) is 2.79. The second-order valence-electron chi connectivity index (χ2n) is 5.99. The zero-order chi connectivity index (χ0) is 15.7. The molecule has 1 aliphatic heterocycles. The Morgan fingerprint density at radius 2 is 2.05 bits per heavy atom. The first kappa shape index (κ1) is 15.5. The minimum Gasteiger partial charge on any atom is -0.343 e. The Kier molecular flexibility index (Phi) is 4.34. The maximum atomic E-state index is 12.5. The zero-order valence-electron chi connectivity index (χ0n) is 13.4. The van der Waals surface area contributed by atoms with Gasteiger partial charge in [-0.3, -0.25) is 14.3 Å². The number of hydrogen-bond donors (Lipinski definition) is 1. The Morgan fingerprint density at radius 3 is 2.57 bits per heavy atom. The van der Waals surface area contributed by atoms with Crippen molar-refractivity contribution in [2.45, 2.75) is 52.7 Å². The molecule has 1 N–H and O–H groups in total. The van der Waals surface area contributed by atoms with Crippen molar-refractivity contribution < 1.29 is 9.59 Å². The minimum absolute atomic E-state index is 0.0347. The Labute approximate surface area is 125 Å². The fourth-order valence-corrected chi connectivity index (χ4v) is 2.79. The van der Waals surface area contributed by atoms with Gasteiger partial charge in [0.1, 0.15) is 12.1 Å². The molecule has 21 heavy (non-hydrogen) atoms. The second-order valence-corrected chi connectivity index (χ2v) is 5.99. The van der Waals surface area contributed by atoms with Crippen LogP contribution >= 0.6 is 0 Å². The molecule has 0 aliphatic carbocycles. The molecular formula is C15H24N4O2. The van der Waals surface area contributed by atoms with Gasteiger partial charge in [-0.1, -0.05) is 20.8 Å². The summed E-state index contributed by atoms with van der Waals surface area (Å²) in [4.78, 5) is 26.4. The fraction of sp³-hybridized carbons (Fsp3) is 0.667. The molecule has 2 amide bonds. The van der Waals surface area contributed by atoms with E-state index in [1.165, 1.54) is 0 Å². The van der Waals surface area contributed by atoms with Crippen LogP contribution in [0.5, 0.6) is 0 Å². The zero-order valence-corrected chi connectivity index (χ0v) is 13.4. The van der Waals surface area contributed by atoms with Crippen LogP contribution in [0.15, 0.2) is 6.07 Å². The molecule has 2 heterocycles. The molecule has 1 aliphatic rings. The van der Waals surface area contributed by atoms with Crippen molar-refractivity contribution in [2.75, 3.05) is 0 Å². The summed E-state index contributed by atoms with van der Waals surface area (Å²) in [5.41, 5.74) is 1.95. The molecule has 2 unspecified atom stereocenters. The Hall–Kier alpha value is -1.85. The predicted octanol–water partition coefficient (Wildman–Crippen LogP) is 0.854. The smallest absolute Gasteiger partial charge is 0.245 e. The summed E-state index contributed by atoms with van der Waals surface area (Å²) in [6.45, 7) is 8.11. The first-order valence-corrected chi connectivity index (χ1v) is 7.47. The third-order valence-electron chi connectivity index (χ3n) is 3.97. The van der Waals surface area contributed by atoms with E-state index in [9.17, 15) is 9.59 Å². The van der Waals surface area contributed by atoms with Gasteiger partial charge in [-0.25, -0.2) is 0 Å². The van der Waals surface area contributed by atoms with Crippen LogP contribution in [0, 0.1) is 5.92 Å². The van der Waals surface area contributed by atoms with Gasteiger partial charge in [-0.15, -0.1) is 0 Å². The van der Waals surface area contributed by atoms with Crippen LogP contribution in [0.4, 0.5) is 0 Å². The number of aryl methyl sites for hydroxylation is 2. The lowest BCUT2D eigenvalue weighted by atomic mass is 9.97. The lowest BCUT2D eigenvalue weighted by Gasteiger charge is -2.39. The number of carbonyl (C=O) groups is 2. The normalized spacial score (nSPS) is 22.9. The quantitative estimate of drug-likeness (QED) is 0.895. The van der Waals surface area contributed by atoms with Crippen LogP contribution < -0.4 is 5.32 Å². The van der Waals surface area contributed by atoms with Crippen LogP contribution in [0.25, 0.3) is 0 Å². The van der Waals surface area contributed by atoms with Gasteiger partial charge in [-0.2, -0.15) is 5.10 Å². The summed E-state index contributed by atoms with van der Waals surface area (Å²) >= 11 is 0. The van der Waals surface area contributed by atoms with Gasteiger partial charge in [0.25, 0.3) is 0 Å². The van der Waals surface area contributed by atoms with Gasteiger partial charge in [-0.05, 0) is 25.3 Å². The molecule has 2 atom stereocenters. The molecule has 2 rings (SSSR count). The Bertz CT molecular complexity index is 550. The Balaban J connectivity index is 2.30. The van der Waals surface area contributed by atoms with E-state index < -0.39 is 12.1 Å². The molecule has 6 nitrogen and oxygen atoms in total. The van der Waals surface area contributed by atoms with Crippen molar-refractivity contribution in [3.63, 3.8) is 0 Å². The van der Waals surface area contributed by atoms with E-state index in [0.717, 1.165) is 17.8 Å². The largest absolute Gasteiger partial charge is 0.343 e. The van der Waals surface area contributed by atoms with Crippen molar-refractivity contribution in [1.29, 1.82) is 0 Å². The first-order valence-electron chi connectivity index (χ1n) is 7.47. The number of aromatic nitrogens is 2. The molecule has 1 fully saturated rings. The number of nitrogens with zero attached hydrogens (tertiary/aromatic N) is 3. The summed E-state index contributed by atoms with van der Waals surface area (Å²) in [6, 6.07) is 1.11. The molecular weight excluding hydrogens is 268 g/mol. The number of amides is 2. The molecule has 0 saturated carbocycles. The molecule has 0 spiro atoms. The standard InChI is InChI=1S/C15H24N4O2/c1-6-11-7-12(18(5)17-11)8-19-13(9(2)3)14(20)16-10(4)15(19)21/h7,9-10,13H,6,8H2,1-5H3,(H,16,20). The highest BCUT2D eigenvalue weighted by atomic mass is 16.2.